The summed E-state index contributed by atoms with van der Waals surface area (Å²) in [5.74, 6) is -1.18. The van der Waals surface area contributed by atoms with Gasteiger partial charge in [-0.2, -0.15) is 13.2 Å². The van der Waals surface area contributed by atoms with Crippen LogP contribution in [0.15, 0.2) is 24.3 Å². The number of carbonyl (C=O) groups excluding carboxylic acids is 2. The highest BCUT2D eigenvalue weighted by Gasteiger charge is 2.34. The first kappa shape index (κ1) is 19.1. The maximum Gasteiger partial charge on any atom is 0.419 e. The molecular weight excluding hydrogens is 339 g/mol. The molecule has 0 atom stereocenters. The van der Waals surface area contributed by atoms with E-state index in [-0.39, 0.29) is 13.2 Å². The van der Waals surface area contributed by atoms with Gasteiger partial charge in [0.05, 0.1) is 12.2 Å². The Morgan fingerprint density at radius 2 is 1.92 bits per heavy atom. The van der Waals surface area contributed by atoms with Gasteiger partial charge in [0.25, 0.3) is 5.91 Å². The maximum absolute atomic E-state index is 12.9. The van der Waals surface area contributed by atoms with Gasteiger partial charge in [0, 0.05) is 6.54 Å². The number of benzene rings is 1. The molecule has 8 heteroatoms. The molecule has 0 heterocycles. The minimum absolute atomic E-state index is 0.194. The van der Waals surface area contributed by atoms with Crippen molar-refractivity contribution in [2.75, 3.05) is 26.3 Å². The normalized spacial score (nSPS) is 14.1. The number of para-hydroxylation sites is 1. The summed E-state index contributed by atoms with van der Waals surface area (Å²) >= 11 is 0. The third kappa shape index (κ3) is 5.95. The fourth-order valence-corrected chi connectivity index (χ4v) is 2.29. The standard InChI is InChI=1S/C17H20F3NO4/c1-2-24-16(23)10-21(9-12-7-8-12)15(22)11-25-14-6-4-3-5-13(14)17(18,19)20/h3-6,12H,2,7-11H2,1H3. The predicted octanol–water partition coefficient (Wildman–Crippen LogP) is 2.89. The first-order valence-electron chi connectivity index (χ1n) is 8.03. The molecule has 0 N–H and O–H groups in total. The first-order valence-corrected chi connectivity index (χ1v) is 8.03. The largest absolute Gasteiger partial charge is 0.483 e. The number of alkyl halides is 3. The molecule has 2 rings (SSSR count). The molecule has 0 radical (unpaired) electrons. The smallest absolute Gasteiger partial charge is 0.419 e. The Morgan fingerprint density at radius 1 is 1.24 bits per heavy atom. The first-order chi connectivity index (χ1) is 11.8. The van der Waals surface area contributed by atoms with Gasteiger partial charge in [-0.1, -0.05) is 12.1 Å². The summed E-state index contributed by atoms with van der Waals surface area (Å²) in [6.45, 7) is 1.43. The molecule has 5 nitrogen and oxygen atoms in total. The van der Waals surface area contributed by atoms with Crippen LogP contribution in [0.5, 0.6) is 5.75 Å². The zero-order chi connectivity index (χ0) is 18.4. The molecule has 1 fully saturated rings. The molecule has 1 saturated carbocycles. The summed E-state index contributed by atoms with van der Waals surface area (Å²) in [6.07, 6.45) is -2.65. The van der Waals surface area contributed by atoms with Gasteiger partial charge < -0.3 is 14.4 Å². The zero-order valence-corrected chi connectivity index (χ0v) is 13.8. The molecule has 0 aromatic heterocycles. The van der Waals surface area contributed by atoms with Crippen molar-refractivity contribution < 1.29 is 32.2 Å². The number of esters is 1. The SMILES string of the molecule is CCOC(=O)CN(CC1CC1)C(=O)COc1ccccc1C(F)(F)F. The van der Waals surface area contributed by atoms with Crippen LogP contribution in [0.25, 0.3) is 0 Å². The molecule has 1 aliphatic rings. The van der Waals surface area contributed by atoms with Crippen molar-refractivity contribution in [2.24, 2.45) is 5.92 Å². The van der Waals surface area contributed by atoms with E-state index in [2.05, 4.69) is 0 Å². The molecule has 1 aromatic rings. The second-order valence-electron chi connectivity index (χ2n) is 5.81. The van der Waals surface area contributed by atoms with Gasteiger partial charge in [0.2, 0.25) is 0 Å². The topological polar surface area (TPSA) is 55.8 Å². The number of amides is 1. The van der Waals surface area contributed by atoms with Gasteiger partial charge in [-0.15, -0.1) is 0 Å². The van der Waals surface area contributed by atoms with Gasteiger partial charge in [-0.05, 0) is 37.8 Å². The van der Waals surface area contributed by atoms with Crippen LogP contribution < -0.4 is 4.74 Å². The molecule has 1 aliphatic carbocycles. The summed E-state index contributed by atoms with van der Waals surface area (Å²) in [5, 5.41) is 0. The molecule has 0 bridgehead atoms. The van der Waals surface area contributed by atoms with E-state index in [0.29, 0.717) is 12.5 Å². The number of carbonyl (C=O) groups is 2. The Bertz CT molecular complexity index is 614. The molecule has 1 aromatic carbocycles. The average Bonchev–Trinajstić information content (AvgIpc) is 3.35. The number of hydrogen-bond acceptors (Lipinski definition) is 4. The summed E-state index contributed by atoms with van der Waals surface area (Å²) in [6, 6.07) is 4.69. The Kier molecular flexibility index (Phi) is 6.27. The predicted molar refractivity (Wildman–Crippen MR) is 82.9 cm³/mol. The number of hydrogen-bond donors (Lipinski definition) is 0. The highest BCUT2D eigenvalue weighted by Crippen LogP contribution is 2.36. The maximum atomic E-state index is 12.9. The molecular formula is C17H20F3NO4. The minimum Gasteiger partial charge on any atom is -0.483 e. The summed E-state index contributed by atoms with van der Waals surface area (Å²) in [7, 11) is 0. The highest BCUT2D eigenvalue weighted by atomic mass is 19.4. The summed E-state index contributed by atoms with van der Waals surface area (Å²) in [4.78, 5) is 25.2. The van der Waals surface area contributed by atoms with Gasteiger partial charge in [0.15, 0.2) is 6.61 Å². The zero-order valence-electron chi connectivity index (χ0n) is 13.8. The van der Waals surface area contributed by atoms with Crippen LogP contribution >= 0.6 is 0 Å². The van der Waals surface area contributed by atoms with Gasteiger partial charge in [-0.25, -0.2) is 0 Å². The fraction of sp³-hybridized carbons (Fsp3) is 0.529. The van der Waals surface area contributed by atoms with E-state index in [4.69, 9.17) is 9.47 Å². The Balaban J connectivity index is 1.99. The quantitative estimate of drug-likeness (QED) is 0.670. The lowest BCUT2D eigenvalue weighted by molar-refractivity contribution is -0.149. The minimum atomic E-state index is -4.57. The molecule has 0 spiro atoms. The van der Waals surface area contributed by atoms with Crippen LogP contribution in [0.4, 0.5) is 13.2 Å². The van der Waals surface area contributed by atoms with Crippen molar-refractivity contribution in [3.63, 3.8) is 0 Å². The van der Waals surface area contributed by atoms with E-state index >= 15 is 0 Å². The van der Waals surface area contributed by atoms with Gasteiger partial charge >= 0.3 is 12.1 Å². The monoisotopic (exact) mass is 359 g/mol. The lowest BCUT2D eigenvalue weighted by atomic mass is 10.2. The lowest BCUT2D eigenvalue weighted by Crippen LogP contribution is -2.40. The molecule has 0 unspecified atom stereocenters. The third-order valence-electron chi connectivity index (χ3n) is 3.70. The van der Waals surface area contributed by atoms with Crippen molar-refractivity contribution in [2.45, 2.75) is 25.9 Å². The number of rotatable bonds is 8. The number of ether oxygens (including phenoxy) is 2. The molecule has 0 aliphatic heterocycles. The van der Waals surface area contributed by atoms with Crippen LogP contribution in [-0.2, 0) is 20.5 Å². The van der Waals surface area contributed by atoms with E-state index in [1.807, 2.05) is 0 Å². The van der Waals surface area contributed by atoms with Crippen molar-refractivity contribution in [3.05, 3.63) is 29.8 Å². The molecule has 1 amide bonds. The lowest BCUT2D eigenvalue weighted by Gasteiger charge is -2.22. The second kappa shape index (κ2) is 8.22. The van der Waals surface area contributed by atoms with Crippen LogP contribution in [0, 0.1) is 5.92 Å². The van der Waals surface area contributed by atoms with E-state index in [1.165, 1.54) is 17.0 Å². The third-order valence-corrected chi connectivity index (χ3v) is 3.70. The van der Waals surface area contributed by atoms with E-state index in [1.54, 1.807) is 6.92 Å². The summed E-state index contributed by atoms with van der Waals surface area (Å²) < 4.78 is 48.7. The Morgan fingerprint density at radius 3 is 2.52 bits per heavy atom. The molecule has 25 heavy (non-hydrogen) atoms. The Labute approximate surface area is 143 Å². The van der Waals surface area contributed by atoms with E-state index in [0.717, 1.165) is 25.0 Å². The van der Waals surface area contributed by atoms with E-state index in [9.17, 15) is 22.8 Å². The van der Waals surface area contributed by atoms with Crippen molar-refractivity contribution in [1.29, 1.82) is 0 Å². The molecule has 138 valence electrons. The fourth-order valence-electron chi connectivity index (χ4n) is 2.29. The van der Waals surface area contributed by atoms with Crippen LogP contribution in [-0.4, -0.2) is 43.1 Å². The second-order valence-corrected chi connectivity index (χ2v) is 5.81. The van der Waals surface area contributed by atoms with Gasteiger partial charge in [-0.3, -0.25) is 9.59 Å². The van der Waals surface area contributed by atoms with Crippen LogP contribution in [0.3, 0.4) is 0 Å². The van der Waals surface area contributed by atoms with Crippen molar-refractivity contribution in [1.82, 2.24) is 4.90 Å². The number of halogens is 3. The number of nitrogens with zero attached hydrogens (tertiary/aromatic N) is 1. The Hall–Kier alpha value is -2.25. The van der Waals surface area contributed by atoms with Gasteiger partial charge in [0.1, 0.15) is 12.3 Å². The van der Waals surface area contributed by atoms with Crippen LogP contribution in [0.2, 0.25) is 0 Å². The highest BCUT2D eigenvalue weighted by molar-refractivity contribution is 5.83. The van der Waals surface area contributed by atoms with Crippen molar-refractivity contribution in [3.8, 4) is 5.75 Å². The molecule has 0 saturated heterocycles. The summed E-state index contributed by atoms with van der Waals surface area (Å²) in [5.41, 5.74) is -0.943. The van der Waals surface area contributed by atoms with E-state index < -0.39 is 36.0 Å². The van der Waals surface area contributed by atoms with Crippen molar-refractivity contribution >= 4 is 11.9 Å². The average molecular weight is 359 g/mol. The van der Waals surface area contributed by atoms with Crippen LogP contribution in [0.1, 0.15) is 25.3 Å².